The number of hydrogen-bond acceptors (Lipinski definition) is 4. The molecule has 0 aliphatic carbocycles. The summed E-state index contributed by atoms with van der Waals surface area (Å²) in [5.74, 6) is 0.828. The molecule has 1 fully saturated rings. The molecule has 1 saturated heterocycles. The fraction of sp³-hybridized carbons (Fsp3) is 0.357. The van der Waals surface area contributed by atoms with Crippen molar-refractivity contribution in [3.8, 4) is 11.3 Å². The highest BCUT2D eigenvalue weighted by Gasteiger charge is 2.20. The third-order valence-electron chi connectivity index (χ3n) is 3.31. The zero-order chi connectivity index (χ0) is 12.4. The molecule has 1 aromatic heterocycles. The molecule has 19 heavy (non-hydrogen) atoms. The van der Waals surface area contributed by atoms with E-state index in [1.165, 1.54) is 0 Å². The van der Waals surface area contributed by atoms with Crippen LogP contribution in [0.25, 0.3) is 11.3 Å². The molecular weight excluding hydrogens is 262 g/mol. The van der Waals surface area contributed by atoms with Gasteiger partial charge >= 0.3 is 0 Å². The van der Waals surface area contributed by atoms with Crippen LogP contribution < -0.4 is 5.73 Å². The number of rotatable bonds is 3. The van der Waals surface area contributed by atoms with Gasteiger partial charge in [-0.15, -0.1) is 12.4 Å². The van der Waals surface area contributed by atoms with Crippen LogP contribution >= 0.6 is 12.4 Å². The second-order valence-electron chi connectivity index (χ2n) is 4.83. The van der Waals surface area contributed by atoms with Crippen LogP contribution in [0.4, 0.5) is 0 Å². The van der Waals surface area contributed by atoms with Crippen molar-refractivity contribution < 1.29 is 4.52 Å². The van der Waals surface area contributed by atoms with E-state index in [-0.39, 0.29) is 12.4 Å². The van der Waals surface area contributed by atoms with Gasteiger partial charge in [0.2, 0.25) is 0 Å². The highest BCUT2D eigenvalue weighted by atomic mass is 35.5. The van der Waals surface area contributed by atoms with Gasteiger partial charge in [-0.1, -0.05) is 35.5 Å². The Bertz CT molecular complexity index is 514. The quantitative estimate of drug-likeness (QED) is 0.937. The van der Waals surface area contributed by atoms with Crippen LogP contribution in [0, 0.1) is 0 Å². The Kier molecular flexibility index (Phi) is 4.58. The summed E-state index contributed by atoms with van der Waals surface area (Å²) < 4.78 is 5.38. The van der Waals surface area contributed by atoms with Gasteiger partial charge < -0.3 is 10.3 Å². The van der Waals surface area contributed by atoms with Crippen LogP contribution in [0.3, 0.4) is 0 Å². The number of likely N-dealkylation sites (tertiary alicyclic amines) is 1. The van der Waals surface area contributed by atoms with Gasteiger partial charge in [0.05, 0.1) is 5.69 Å². The molecule has 0 saturated carbocycles. The van der Waals surface area contributed by atoms with Crippen LogP contribution in [0.1, 0.15) is 12.1 Å². The van der Waals surface area contributed by atoms with Crippen LogP contribution in [-0.2, 0) is 6.54 Å². The van der Waals surface area contributed by atoms with Gasteiger partial charge in [0.25, 0.3) is 0 Å². The van der Waals surface area contributed by atoms with Crippen molar-refractivity contribution >= 4 is 12.4 Å². The van der Waals surface area contributed by atoms with E-state index < -0.39 is 0 Å². The first kappa shape index (κ1) is 14.1. The van der Waals surface area contributed by atoms with Crippen molar-refractivity contribution in [2.75, 3.05) is 13.1 Å². The van der Waals surface area contributed by atoms with Crippen LogP contribution in [0.2, 0.25) is 0 Å². The summed E-state index contributed by atoms with van der Waals surface area (Å²) in [7, 11) is 0. The van der Waals surface area contributed by atoms with E-state index in [1.54, 1.807) is 0 Å². The van der Waals surface area contributed by atoms with Gasteiger partial charge in [-0.05, 0) is 6.42 Å². The van der Waals surface area contributed by atoms with Gasteiger partial charge in [-0.2, -0.15) is 0 Å². The van der Waals surface area contributed by atoms with E-state index in [9.17, 15) is 0 Å². The van der Waals surface area contributed by atoms with E-state index in [4.69, 9.17) is 10.3 Å². The van der Waals surface area contributed by atoms with Crippen LogP contribution in [-0.4, -0.2) is 29.2 Å². The van der Waals surface area contributed by atoms with E-state index in [2.05, 4.69) is 10.1 Å². The number of aromatic nitrogens is 1. The summed E-state index contributed by atoms with van der Waals surface area (Å²) in [4.78, 5) is 2.32. The predicted octanol–water partition coefficient (Wildman–Crippen LogP) is 2.30. The smallest absolute Gasteiger partial charge is 0.167 e. The molecule has 0 amide bonds. The Morgan fingerprint density at radius 3 is 2.79 bits per heavy atom. The molecule has 1 aliphatic rings. The molecular formula is C14H18ClN3O. The van der Waals surface area contributed by atoms with Crippen molar-refractivity contribution in [1.82, 2.24) is 10.1 Å². The SMILES string of the molecule is Cl.NC1CCN(Cc2cc(-c3ccccc3)on2)C1. The maximum atomic E-state index is 5.89. The van der Waals surface area contributed by atoms with E-state index in [0.29, 0.717) is 6.04 Å². The average molecular weight is 280 g/mol. The van der Waals surface area contributed by atoms with Gasteiger partial charge in [0.1, 0.15) is 0 Å². The molecule has 2 heterocycles. The van der Waals surface area contributed by atoms with Crippen LogP contribution in [0.5, 0.6) is 0 Å². The number of hydrogen-bond donors (Lipinski definition) is 1. The average Bonchev–Trinajstić information content (AvgIpc) is 3.01. The number of nitrogens with zero attached hydrogens (tertiary/aromatic N) is 2. The first-order valence-corrected chi connectivity index (χ1v) is 6.30. The zero-order valence-electron chi connectivity index (χ0n) is 10.7. The first-order chi connectivity index (χ1) is 8.81. The summed E-state index contributed by atoms with van der Waals surface area (Å²) in [6.07, 6.45) is 1.07. The molecule has 1 aromatic carbocycles. The molecule has 2 N–H and O–H groups in total. The molecule has 1 atom stereocenters. The lowest BCUT2D eigenvalue weighted by atomic mass is 10.1. The van der Waals surface area contributed by atoms with E-state index in [1.807, 2.05) is 36.4 Å². The minimum absolute atomic E-state index is 0. The summed E-state index contributed by atoms with van der Waals surface area (Å²) in [5.41, 5.74) is 7.93. The number of nitrogens with two attached hydrogens (primary N) is 1. The zero-order valence-corrected chi connectivity index (χ0v) is 11.5. The summed E-state index contributed by atoms with van der Waals surface area (Å²) in [5, 5.41) is 4.12. The molecule has 0 spiro atoms. The van der Waals surface area contributed by atoms with Gasteiger partial charge in [-0.3, -0.25) is 4.90 Å². The largest absolute Gasteiger partial charge is 0.356 e. The number of benzene rings is 1. The van der Waals surface area contributed by atoms with Gasteiger partial charge in [-0.25, -0.2) is 0 Å². The van der Waals surface area contributed by atoms with E-state index >= 15 is 0 Å². The molecule has 2 aromatic rings. The van der Waals surface area contributed by atoms with Crippen LogP contribution in [0.15, 0.2) is 40.9 Å². The van der Waals surface area contributed by atoms with Crippen molar-refractivity contribution in [1.29, 1.82) is 0 Å². The Hall–Kier alpha value is -1.36. The molecule has 5 heteroatoms. The molecule has 1 aliphatic heterocycles. The fourth-order valence-electron chi connectivity index (χ4n) is 2.36. The Morgan fingerprint density at radius 2 is 2.11 bits per heavy atom. The monoisotopic (exact) mass is 279 g/mol. The standard InChI is InChI=1S/C14H17N3O.ClH/c15-12-6-7-17(9-12)10-13-8-14(18-16-13)11-4-2-1-3-5-11;/h1-5,8,12H,6-7,9-10,15H2;1H. The van der Waals surface area contributed by atoms with Gasteiger partial charge in [0.15, 0.2) is 5.76 Å². The molecule has 0 radical (unpaired) electrons. The van der Waals surface area contributed by atoms with E-state index in [0.717, 1.165) is 43.1 Å². The lowest BCUT2D eigenvalue weighted by Gasteiger charge is -2.11. The number of halogens is 1. The highest BCUT2D eigenvalue weighted by Crippen LogP contribution is 2.21. The Labute approximate surface area is 119 Å². The summed E-state index contributed by atoms with van der Waals surface area (Å²) in [6.45, 7) is 2.83. The molecule has 0 bridgehead atoms. The maximum Gasteiger partial charge on any atom is 0.167 e. The lowest BCUT2D eigenvalue weighted by molar-refractivity contribution is 0.311. The molecule has 1 unspecified atom stereocenters. The van der Waals surface area contributed by atoms with Crippen molar-refractivity contribution in [3.63, 3.8) is 0 Å². The first-order valence-electron chi connectivity index (χ1n) is 6.30. The minimum Gasteiger partial charge on any atom is -0.356 e. The third-order valence-corrected chi connectivity index (χ3v) is 3.31. The molecule has 4 nitrogen and oxygen atoms in total. The second-order valence-corrected chi connectivity index (χ2v) is 4.83. The highest BCUT2D eigenvalue weighted by molar-refractivity contribution is 5.85. The lowest BCUT2D eigenvalue weighted by Crippen LogP contribution is -2.26. The van der Waals surface area contributed by atoms with Crippen molar-refractivity contribution in [3.05, 3.63) is 42.1 Å². The summed E-state index contributed by atoms with van der Waals surface area (Å²) in [6, 6.07) is 12.4. The van der Waals surface area contributed by atoms with Crippen molar-refractivity contribution in [2.24, 2.45) is 5.73 Å². The molecule has 3 rings (SSSR count). The summed E-state index contributed by atoms with van der Waals surface area (Å²) >= 11 is 0. The normalized spacial score (nSPS) is 19.3. The van der Waals surface area contributed by atoms with Crippen molar-refractivity contribution in [2.45, 2.75) is 19.0 Å². The Balaban J connectivity index is 0.00000133. The third kappa shape index (κ3) is 3.35. The predicted molar refractivity (Wildman–Crippen MR) is 77.1 cm³/mol. The topological polar surface area (TPSA) is 55.3 Å². The molecule has 102 valence electrons. The van der Waals surface area contributed by atoms with Gasteiger partial charge in [0, 0.05) is 37.3 Å². The minimum atomic E-state index is 0. The second kappa shape index (κ2) is 6.19. The maximum absolute atomic E-state index is 5.89. The Morgan fingerprint density at radius 1 is 1.32 bits per heavy atom. The fourth-order valence-corrected chi connectivity index (χ4v) is 2.36.